The number of aryl methyl sites for hydroxylation is 1. The number of nitrogens with one attached hydrogen (secondary N) is 1. The molecule has 1 aliphatic rings. The molecule has 0 radical (unpaired) electrons. The number of nitrogens with zero attached hydrogens (tertiary/aromatic N) is 1. The summed E-state index contributed by atoms with van der Waals surface area (Å²) in [5.41, 5.74) is 1.24. The first kappa shape index (κ1) is 21.8. The van der Waals surface area contributed by atoms with Crippen LogP contribution >= 0.6 is 11.6 Å². The van der Waals surface area contributed by atoms with Gasteiger partial charge in [-0.15, -0.1) is 0 Å². The van der Waals surface area contributed by atoms with Gasteiger partial charge in [0.15, 0.2) is 0 Å². The second kappa shape index (κ2) is 10.2. The fraction of sp³-hybridized carbons (Fsp3) is 0.409. The number of sulfonamides is 1. The molecule has 5 nitrogen and oxygen atoms in total. The van der Waals surface area contributed by atoms with E-state index in [1.54, 1.807) is 12.1 Å². The number of piperidine rings is 1. The van der Waals surface area contributed by atoms with Crippen LogP contribution in [-0.4, -0.2) is 37.8 Å². The van der Waals surface area contributed by atoms with E-state index >= 15 is 0 Å². The first-order valence-corrected chi connectivity index (χ1v) is 11.9. The minimum absolute atomic E-state index is 0.0960. The molecule has 2 aromatic carbocycles. The van der Waals surface area contributed by atoms with Crippen LogP contribution in [0.15, 0.2) is 59.5 Å². The number of halogens is 1. The van der Waals surface area contributed by atoms with Crippen molar-refractivity contribution >= 4 is 27.5 Å². The molecule has 156 valence electrons. The van der Waals surface area contributed by atoms with E-state index in [4.69, 9.17) is 11.6 Å². The van der Waals surface area contributed by atoms with E-state index in [0.29, 0.717) is 24.5 Å². The Morgan fingerprint density at radius 3 is 2.52 bits per heavy atom. The molecule has 1 heterocycles. The van der Waals surface area contributed by atoms with Gasteiger partial charge in [-0.1, -0.05) is 48.4 Å². The van der Waals surface area contributed by atoms with Crippen LogP contribution in [0.5, 0.6) is 0 Å². The Morgan fingerprint density at radius 2 is 1.79 bits per heavy atom. The fourth-order valence-corrected chi connectivity index (χ4v) is 5.51. The first-order chi connectivity index (χ1) is 14.0. The molecule has 1 unspecified atom stereocenters. The summed E-state index contributed by atoms with van der Waals surface area (Å²) in [6.07, 6.45) is 4.39. The van der Waals surface area contributed by atoms with Crippen molar-refractivity contribution < 1.29 is 13.2 Å². The molecule has 1 aliphatic heterocycles. The highest BCUT2D eigenvalue weighted by molar-refractivity contribution is 7.89. The molecule has 3 rings (SSSR count). The highest BCUT2D eigenvalue weighted by Crippen LogP contribution is 2.27. The number of carbonyl (C=O) groups is 1. The smallest absolute Gasteiger partial charge is 0.243 e. The lowest BCUT2D eigenvalue weighted by Crippen LogP contribution is -2.46. The van der Waals surface area contributed by atoms with Crippen molar-refractivity contribution in [1.82, 2.24) is 9.62 Å². The van der Waals surface area contributed by atoms with E-state index < -0.39 is 10.0 Å². The molecule has 1 saturated heterocycles. The molecule has 0 aromatic heterocycles. The molecule has 0 spiro atoms. The van der Waals surface area contributed by atoms with Gasteiger partial charge in [0.2, 0.25) is 15.9 Å². The van der Waals surface area contributed by atoms with E-state index in [-0.39, 0.29) is 23.3 Å². The van der Waals surface area contributed by atoms with E-state index in [2.05, 4.69) is 17.4 Å². The number of amides is 1. The highest BCUT2D eigenvalue weighted by atomic mass is 35.5. The lowest BCUT2D eigenvalue weighted by atomic mass is 10.0. The number of rotatable bonds is 8. The van der Waals surface area contributed by atoms with Crippen molar-refractivity contribution in [2.75, 3.05) is 13.1 Å². The van der Waals surface area contributed by atoms with Crippen molar-refractivity contribution in [2.24, 2.45) is 0 Å². The third kappa shape index (κ3) is 6.04. The molecule has 7 heteroatoms. The van der Waals surface area contributed by atoms with E-state index in [0.717, 1.165) is 25.7 Å². The molecule has 1 fully saturated rings. The Hall–Kier alpha value is -1.89. The zero-order chi connectivity index (χ0) is 20.7. The zero-order valence-corrected chi connectivity index (χ0v) is 18.0. The van der Waals surface area contributed by atoms with Gasteiger partial charge in [0.25, 0.3) is 0 Å². The maximum Gasteiger partial charge on any atom is 0.243 e. The summed E-state index contributed by atoms with van der Waals surface area (Å²) >= 11 is 5.88. The lowest BCUT2D eigenvalue weighted by Gasteiger charge is -2.34. The number of carbonyl (C=O) groups excluding carboxylic acids is 1. The van der Waals surface area contributed by atoms with Gasteiger partial charge in [0.05, 0.1) is 4.90 Å². The van der Waals surface area contributed by atoms with Crippen LogP contribution in [0.3, 0.4) is 0 Å². The topological polar surface area (TPSA) is 66.5 Å². The van der Waals surface area contributed by atoms with Crippen molar-refractivity contribution in [3.8, 4) is 0 Å². The Labute approximate surface area is 178 Å². The summed E-state index contributed by atoms with van der Waals surface area (Å²) in [5, 5.41) is 3.44. The van der Waals surface area contributed by atoms with E-state index in [9.17, 15) is 13.2 Å². The maximum atomic E-state index is 13.1. The minimum atomic E-state index is -3.64. The third-order valence-corrected chi connectivity index (χ3v) is 7.44. The van der Waals surface area contributed by atoms with Crippen molar-refractivity contribution in [3.05, 3.63) is 65.2 Å². The number of hydrogen-bond acceptors (Lipinski definition) is 3. The second-order valence-corrected chi connectivity index (χ2v) is 9.69. The molecule has 1 N–H and O–H groups in total. The van der Waals surface area contributed by atoms with Crippen molar-refractivity contribution in [2.45, 2.75) is 49.5 Å². The lowest BCUT2D eigenvalue weighted by molar-refractivity contribution is -0.122. The van der Waals surface area contributed by atoms with E-state index in [1.165, 1.54) is 22.0 Å². The molecular weight excluding hydrogens is 408 g/mol. The molecule has 29 heavy (non-hydrogen) atoms. The summed E-state index contributed by atoms with van der Waals surface area (Å²) in [4.78, 5) is 12.6. The van der Waals surface area contributed by atoms with Crippen LogP contribution in [0.2, 0.25) is 5.02 Å². The van der Waals surface area contributed by atoms with Gasteiger partial charge in [-0.3, -0.25) is 4.79 Å². The van der Waals surface area contributed by atoms with Gasteiger partial charge in [0, 0.05) is 30.6 Å². The van der Waals surface area contributed by atoms with Crippen molar-refractivity contribution in [3.63, 3.8) is 0 Å². The minimum Gasteiger partial charge on any atom is -0.356 e. The van der Waals surface area contributed by atoms with Gasteiger partial charge in [0.1, 0.15) is 0 Å². The van der Waals surface area contributed by atoms with Gasteiger partial charge in [-0.2, -0.15) is 4.31 Å². The first-order valence-electron chi connectivity index (χ1n) is 10.0. The predicted molar refractivity (Wildman–Crippen MR) is 115 cm³/mol. The molecule has 1 amide bonds. The van der Waals surface area contributed by atoms with Crippen LogP contribution in [0.4, 0.5) is 0 Å². The highest BCUT2D eigenvalue weighted by Gasteiger charge is 2.34. The SMILES string of the molecule is O=C(CC1CCCCN1S(=O)(=O)c1ccc(Cl)cc1)NCCCc1ccccc1. The van der Waals surface area contributed by atoms with Crippen LogP contribution in [0.1, 0.15) is 37.7 Å². The summed E-state index contributed by atoms with van der Waals surface area (Å²) in [6.45, 7) is 1.03. The molecular formula is C22H27ClN2O3S. The second-order valence-electron chi connectivity index (χ2n) is 7.36. The number of benzene rings is 2. The normalized spacial score (nSPS) is 17.8. The molecule has 0 aliphatic carbocycles. The van der Waals surface area contributed by atoms with Crippen LogP contribution in [0.25, 0.3) is 0 Å². The Morgan fingerprint density at radius 1 is 1.07 bits per heavy atom. The van der Waals surface area contributed by atoms with Crippen molar-refractivity contribution in [1.29, 1.82) is 0 Å². The Bertz CT molecular complexity index is 901. The van der Waals surface area contributed by atoms with Gasteiger partial charge >= 0.3 is 0 Å². The van der Waals surface area contributed by atoms with Crippen LogP contribution in [-0.2, 0) is 21.2 Å². The molecule has 1 atom stereocenters. The van der Waals surface area contributed by atoms with E-state index in [1.807, 2.05) is 18.2 Å². The van der Waals surface area contributed by atoms with Crippen LogP contribution in [0, 0.1) is 0 Å². The summed E-state index contributed by atoms with van der Waals surface area (Å²) in [5.74, 6) is -0.0960. The average Bonchev–Trinajstić information content (AvgIpc) is 2.73. The Balaban J connectivity index is 1.55. The standard InChI is InChI=1S/C22H27ClN2O3S/c23-19-11-13-21(14-12-19)29(27,28)25-16-5-4-10-20(25)17-22(26)24-15-6-9-18-7-2-1-3-8-18/h1-3,7-8,11-14,20H,4-6,9-10,15-17H2,(H,24,26). The van der Waals surface area contributed by atoms with Crippen LogP contribution < -0.4 is 5.32 Å². The molecule has 0 saturated carbocycles. The summed E-state index contributed by atoms with van der Waals surface area (Å²) in [7, 11) is -3.64. The quantitative estimate of drug-likeness (QED) is 0.638. The third-order valence-electron chi connectivity index (χ3n) is 5.22. The average molecular weight is 435 g/mol. The molecule has 0 bridgehead atoms. The van der Waals surface area contributed by atoms with Gasteiger partial charge in [-0.05, 0) is 55.5 Å². The predicted octanol–water partition coefficient (Wildman–Crippen LogP) is 4.02. The molecule has 2 aromatic rings. The van der Waals surface area contributed by atoms with Gasteiger partial charge < -0.3 is 5.32 Å². The number of hydrogen-bond donors (Lipinski definition) is 1. The monoisotopic (exact) mass is 434 g/mol. The van der Waals surface area contributed by atoms with Gasteiger partial charge in [-0.25, -0.2) is 8.42 Å². The summed E-state index contributed by atoms with van der Waals surface area (Å²) < 4.78 is 27.6. The fourth-order valence-electron chi connectivity index (χ4n) is 3.69. The summed E-state index contributed by atoms with van der Waals surface area (Å²) in [6, 6.07) is 16.0. The largest absolute Gasteiger partial charge is 0.356 e. The Kier molecular flexibility index (Phi) is 7.70. The maximum absolute atomic E-state index is 13.1. The zero-order valence-electron chi connectivity index (χ0n) is 16.4.